The van der Waals surface area contributed by atoms with Crippen molar-refractivity contribution in [2.24, 2.45) is 0 Å². The Morgan fingerprint density at radius 2 is 1.84 bits per heavy atom. The summed E-state index contributed by atoms with van der Waals surface area (Å²) < 4.78 is 1.26. The van der Waals surface area contributed by atoms with Crippen LogP contribution in [0.25, 0.3) is 5.69 Å². The predicted molar refractivity (Wildman–Crippen MR) is 124 cm³/mol. The molecule has 3 aromatic rings. The SMILES string of the molecule is Cc1cc(=O)c(C(=O)Nc2ccccc2SC2CCCC2)nn1-c1ccccc1[N+](=O)[O-]. The fraction of sp³-hybridized carbons (Fsp3) is 0.261. The summed E-state index contributed by atoms with van der Waals surface area (Å²) in [5.74, 6) is -0.651. The van der Waals surface area contributed by atoms with Crippen molar-refractivity contribution in [1.82, 2.24) is 9.78 Å². The van der Waals surface area contributed by atoms with Gasteiger partial charge in [-0.15, -0.1) is 11.8 Å². The molecule has 8 nitrogen and oxygen atoms in total. The van der Waals surface area contributed by atoms with E-state index in [4.69, 9.17) is 0 Å². The van der Waals surface area contributed by atoms with E-state index in [2.05, 4.69) is 10.4 Å². The molecule has 1 aromatic heterocycles. The zero-order chi connectivity index (χ0) is 22.7. The lowest BCUT2D eigenvalue weighted by atomic mass is 10.2. The molecule has 32 heavy (non-hydrogen) atoms. The molecule has 1 aliphatic carbocycles. The molecule has 1 heterocycles. The number of rotatable bonds is 6. The normalized spacial score (nSPS) is 13.8. The molecule has 164 valence electrons. The average molecular weight is 451 g/mol. The smallest absolute Gasteiger partial charge is 0.294 e. The van der Waals surface area contributed by atoms with E-state index in [1.165, 1.54) is 35.7 Å². The second-order valence-corrected chi connectivity index (χ2v) is 8.97. The second-order valence-electron chi connectivity index (χ2n) is 7.63. The van der Waals surface area contributed by atoms with Crippen molar-refractivity contribution >= 4 is 29.0 Å². The van der Waals surface area contributed by atoms with Crippen LogP contribution in [-0.4, -0.2) is 25.9 Å². The molecular formula is C23H22N4O4S. The molecule has 0 spiro atoms. The van der Waals surface area contributed by atoms with Crippen LogP contribution in [0.5, 0.6) is 0 Å². The topological polar surface area (TPSA) is 107 Å². The lowest BCUT2D eigenvalue weighted by Crippen LogP contribution is -2.27. The molecule has 1 fully saturated rings. The van der Waals surface area contributed by atoms with Crippen LogP contribution in [0.2, 0.25) is 0 Å². The van der Waals surface area contributed by atoms with E-state index < -0.39 is 16.3 Å². The highest BCUT2D eigenvalue weighted by Crippen LogP contribution is 2.38. The third-order valence-corrected chi connectivity index (χ3v) is 6.77. The van der Waals surface area contributed by atoms with E-state index >= 15 is 0 Å². The van der Waals surface area contributed by atoms with Crippen LogP contribution in [0.4, 0.5) is 11.4 Å². The zero-order valence-corrected chi connectivity index (χ0v) is 18.3. The maximum absolute atomic E-state index is 13.0. The van der Waals surface area contributed by atoms with Crippen LogP contribution < -0.4 is 10.7 Å². The van der Waals surface area contributed by atoms with Crippen LogP contribution in [0.15, 0.2) is 64.3 Å². The van der Waals surface area contributed by atoms with Crippen LogP contribution in [0.1, 0.15) is 41.9 Å². The van der Waals surface area contributed by atoms with E-state index in [0.717, 1.165) is 17.7 Å². The number of aryl methyl sites for hydroxylation is 1. The molecule has 0 unspecified atom stereocenters. The lowest BCUT2D eigenvalue weighted by Gasteiger charge is -2.15. The highest BCUT2D eigenvalue weighted by molar-refractivity contribution is 8.00. The molecule has 2 aromatic carbocycles. The van der Waals surface area contributed by atoms with Crippen molar-refractivity contribution in [3.05, 3.63) is 86.3 Å². The molecule has 1 amide bonds. The quantitative estimate of drug-likeness (QED) is 0.429. The number of para-hydroxylation sites is 3. The second kappa shape index (κ2) is 9.35. The van der Waals surface area contributed by atoms with Crippen molar-refractivity contribution in [3.63, 3.8) is 0 Å². The standard InChI is InChI=1S/C23H22N4O4S/c1-15-14-20(28)22(25-26(15)18-11-5-6-12-19(18)27(30)31)23(29)24-17-10-4-7-13-21(17)32-16-8-2-3-9-16/h4-7,10-14,16H,2-3,8-9H2,1H3,(H,24,29). The van der Waals surface area contributed by atoms with Gasteiger partial charge in [0.15, 0.2) is 5.69 Å². The summed E-state index contributed by atoms with van der Waals surface area (Å²) in [6.45, 7) is 1.61. The number of nitrogens with one attached hydrogen (secondary N) is 1. The van der Waals surface area contributed by atoms with Gasteiger partial charge in [0.05, 0.1) is 10.6 Å². The summed E-state index contributed by atoms with van der Waals surface area (Å²) in [4.78, 5) is 37.4. The summed E-state index contributed by atoms with van der Waals surface area (Å²) in [6.07, 6.45) is 4.72. The van der Waals surface area contributed by atoms with Gasteiger partial charge in [-0.05, 0) is 38.0 Å². The Balaban J connectivity index is 1.67. The van der Waals surface area contributed by atoms with E-state index in [1.807, 2.05) is 18.2 Å². The van der Waals surface area contributed by atoms with Gasteiger partial charge in [-0.1, -0.05) is 37.1 Å². The van der Waals surface area contributed by atoms with Crippen molar-refractivity contribution in [2.75, 3.05) is 5.32 Å². The Labute approximate surface area is 188 Å². The minimum Gasteiger partial charge on any atom is -0.319 e. The van der Waals surface area contributed by atoms with Crippen LogP contribution in [0.3, 0.4) is 0 Å². The van der Waals surface area contributed by atoms with E-state index in [0.29, 0.717) is 16.6 Å². The van der Waals surface area contributed by atoms with E-state index in [9.17, 15) is 19.7 Å². The minimum atomic E-state index is -0.651. The Hall–Kier alpha value is -3.46. The molecule has 9 heteroatoms. The molecule has 4 rings (SSSR count). The molecule has 0 aliphatic heterocycles. The Morgan fingerprint density at radius 1 is 1.16 bits per heavy atom. The lowest BCUT2D eigenvalue weighted by molar-refractivity contribution is -0.384. The number of benzene rings is 2. The fourth-order valence-electron chi connectivity index (χ4n) is 3.79. The van der Waals surface area contributed by atoms with Gasteiger partial charge in [-0.2, -0.15) is 5.10 Å². The first-order valence-electron chi connectivity index (χ1n) is 10.4. The summed E-state index contributed by atoms with van der Waals surface area (Å²) in [5.41, 5.74) is 0.147. The molecular weight excluding hydrogens is 428 g/mol. The van der Waals surface area contributed by atoms with Crippen molar-refractivity contribution in [2.45, 2.75) is 42.8 Å². The molecule has 0 radical (unpaired) electrons. The number of nitrogens with zero attached hydrogens (tertiary/aromatic N) is 3. The number of aromatic nitrogens is 2. The fourth-order valence-corrected chi connectivity index (χ4v) is 5.12. The first-order chi connectivity index (χ1) is 15.4. The number of amides is 1. The Morgan fingerprint density at radius 3 is 2.59 bits per heavy atom. The number of hydrogen-bond donors (Lipinski definition) is 1. The minimum absolute atomic E-state index is 0.170. The van der Waals surface area contributed by atoms with Gasteiger partial charge in [0, 0.05) is 28.0 Å². The van der Waals surface area contributed by atoms with Gasteiger partial charge in [-0.25, -0.2) is 4.68 Å². The molecule has 0 bridgehead atoms. The number of nitro groups is 1. The van der Waals surface area contributed by atoms with Crippen molar-refractivity contribution < 1.29 is 9.72 Å². The largest absolute Gasteiger partial charge is 0.319 e. The van der Waals surface area contributed by atoms with Crippen molar-refractivity contribution in [3.8, 4) is 5.69 Å². The molecule has 1 saturated carbocycles. The predicted octanol–water partition coefficient (Wildman–Crippen LogP) is 4.74. The number of hydrogen-bond acceptors (Lipinski definition) is 6. The van der Waals surface area contributed by atoms with Crippen LogP contribution in [-0.2, 0) is 0 Å². The van der Waals surface area contributed by atoms with Gasteiger partial charge < -0.3 is 5.32 Å². The summed E-state index contributed by atoms with van der Waals surface area (Å²) >= 11 is 1.73. The number of carbonyl (C=O) groups is 1. The Kier molecular flexibility index (Phi) is 6.36. The van der Waals surface area contributed by atoms with Gasteiger partial charge in [0.2, 0.25) is 5.43 Å². The Bertz CT molecular complexity index is 1230. The highest BCUT2D eigenvalue weighted by atomic mass is 32.2. The van der Waals surface area contributed by atoms with E-state index in [1.54, 1.807) is 36.9 Å². The first kappa shape index (κ1) is 21.8. The third-order valence-electron chi connectivity index (χ3n) is 5.36. The molecule has 0 atom stereocenters. The number of carbonyl (C=O) groups excluding carboxylic acids is 1. The summed E-state index contributed by atoms with van der Waals surface area (Å²) in [5, 5.41) is 19.0. The zero-order valence-electron chi connectivity index (χ0n) is 17.5. The van der Waals surface area contributed by atoms with Crippen LogP contribution >= 0.6 is 11.8 Å². The highest BCUT2D eigenvalue weighted by Gasteiger charge is 2.22. The number of nitro benzene ring substituents is 1. The maximum atomic E-state index is 13.0. The van der Waals surface area contributed by atoms with Gasteiger partial charge >= 0.3 is 0 Å². The first-order valence-corrected chi connectivity index (χ1v) is 11.2. The van der Waals surface area contributed by atoms with Crippen molar-refractivity contribution in [1.29, 1.82) is 0 Å². The van der Waals surface area contributed by atoms with Gasteiger partial charge in [0.1, 0.15) is 5.69 Å². The third kappa shape index (κ3) is 4.57. The maximum Gasteiger partial charge on any atom is 0.294 e. The summed E-state index contributed by atoms with van der Waals surface area (Å²) in [7, 11) is 0. The monoisotopic (exact) mass is 450 g/mol. The molecule has 0 saturated heterocycles. The average Bonchev–Trinajstić information content (AvgIpc) is 3.28. The van der Waals surface area contributed by atoms with Gasteiger partial charge in [0.25, 0.3) is 11.6 Å². The number of anilines is 1. The number of thioether (sulfide) groups is 1. The van der Waals surface area contributed by atoms with Crippen LogP contribution in [0, 0.1) is 17.0 Å². The summed E-state index contributed by atoms with van der Waals surface area (Å²) in [6, 6.07) is 14.8. The van der Waals surface area contributed by atoms with E-state index in [-0.39, 0.29) is 17.1 Å². The van der Waals surface area contributed by atoms with Gasteiger partial charge in [-0.3, -0.25) is 19.7 Å². The molecule has 1 N–H and O–H groups in total. The molecule has 1 aliphatic rings.